The van der Waals surface area contributed by atoms with Gasteiger partial charge in [-0.15, -0.1) is 0 Å². The molecule has 0 fully saturated rings. The third-order valence-corrected chi connectivity index (χ3v) is 9.22. The minimum atomic E-state index is -4.62. The highest BCUT2D eigenvalue weighted by molar-refractivity contribution is 7.47. The number of allylic oxidation sites excluding steroid dienone is 6. The van der Waals surface area contributed by atoms with E-state index >= 15 is 0 Å². The van der Waals surface area contributed by atoms with Gasteiger partial charge in [0.15, 0.2) is 6.10 Å². The lowest BCUT2D eigenvalue weighted by molar-refractivity contribution is -0.161. The van der Waals surface area contributed by atoms with Gasteiger partial charge in [0, 0.05) is 12.8 Å². The van der Waals surface area contributed by atoms with Crippen LogP contribution in [-0.4, -0.2) is 65.7 Å². The van der Waals surface area contributed by atoms with Crippen molar-refractivity contribution in [2.24, 2.45) is 0 Å². The molecule has 0 heterocycles. The van der Waals surface area contributed by atoms with Crippen molar-refractivity contribution < 1.29 is 47.8 Å². The van der Waals surface area contributed by atoms with Crippen molar-refractivity contribution in [3.63, 3.8) is 0 Å². The number of esters is 2. The van der Waals surface area contributed by atoms with Gasteiger partial charge in [-0.3, -0.25) is 18.6 Å². The molecule has 0 aromatic rings. The van der Waals surface area contributed by atoms with E-state index in [4.69, 9.17) is 19.1 Å². The number of aliphatic hydroxyl groups excluding tert-OH is 2. The number of hydrogen-bond donors (Lipinski definition) is 3. The van der Waals surface area contributed by atoms with Crippen LogP contribution in [0.4, 0.5) is 0 Å². The molecule has 0 aromatic carbocycles. The average molecular weight is 745 g/mol. The molecule has 0 aliphatic carbocycles. The van der Waals surface area contributed by atoms with Crippen LogP contribution in [0.5, 0.6) is 0 Å². The quantitative estimate of drug-likeness (QED) is 0.0243. The number of phosphoric ester groups is 1. The van der Waals surface area contributed by atoms with Crippen LogP contribution in [0.3, 0.4) is 0 Å². The summed E-state index contributed by atoms with van der Waals surface area (Å²) in [6, 6.07) is 0. The number of aliphatic hydroxyl groups is 2. The lowest BCUT2D eigenvalue weighted by Crippen LogP contribution is -2.29. The van der Waals surface area contributed by atoms with Gasteiger partial charge in [0.1, 0.15) is 12.7 Å². The zero-order valence-corrected chi connectivity index (χ0v) is 33.0. The zero-order valence-electron chi connectivity index (χ0n) is 32.1. The van der Waals surface area contributed by atoms with Crippen molar-refractivity contribution >= 4 is 19.8 Å². The first-order valence-electron chi connectivity index (χ1n) is 19.9. The van der Waals surface area contributed by atoms with E-state index in [1.807, 2.05) is 0 Å². The fourth-order valence-corrected chi connectivity index (χ4v) is 5.92. The van der Waals surface area contributed by atoms with Crippen LogP contribution in [0.2, 0.25) is 0 Å². The minimum Gasteiger partial charge on any atom is -0.462 e. The van der Waals surface area contributed by atoms with Crippen LogP contribution in [0.1, 0.15) is 168 Å². The molecule has 298 valence electrons. The Balaban J connectivity index is 4.38. The zero-order chi connectivity index (χ0) is 37.7. The summed E-state index contributed by atoms with van der Waals surface area (Å²) >= 11 is 0. The number of carbonyl (C=O) groups excluding carboxylic acids is 2. The van der Waals surface area contributed by atoms with Crippen LogP contribution >= 0.6 is 7.82 Å². The molecule has 10 nitrogen and oxygen atoms in total. The molecule has 0 aromatic heterocycles. The molecule has 1 unspecified atom stereocenters. The molecule has 0 radical (unpaired) electrons. The van der Waals surface area contributed by atoms with Gasteiger partial charge >= 0.3 is 19.8 Å². The number of rotatable bonds is 37. The molecule has 0 aliphatic heterocycles. The molecular formula is C40H73O10P. The number of hydrogen-bond acceptors (Lipinski definition) is 9. The third kappa shape index (κ3) is 36.3. The number of carbonyl (C=O) groups is 2. The van der Waals surface area contributed by atoms with Gasteiger partial charge in [-0.2, -0.15) is 0 Å². The van der Waals surface area contributed by atoms with Crippen LogP contribution in [0, 0.1) is 0 Å². The van der Waals surface area contributed by atoms with Gasteiger partial charge < -0.3 is 24.6 Å². The predicted octanol–water partition coefficient (Wildman–Crippen LogP) is 10.00. The molecule has 51 heavy (non-hydrogen) atoms. The fraction of sp³-hybridized carbons (Fsp3) is 0.800. The molecule has 3 N–H and O–H groups in total. The van der Waals surface area contributed by atoms with Gasteiger partial charge in [0.05, 0.1) is 19.8 Å². The van der Waals surface area contributed by atoms with E-state index in [1.54, 1.807) is 0 Å². The molecule has 11 heteroatoms. The highest BCUT2D eigenvalue weighted by atomic mass is 31.2. The molecule has 0 saturated heterocycles. The van der Waals surface area contributed by atoms with E-state index in [0.717, 1.165) is 83.5 Å². The van der Waals surface area contributed by atoms with Gasteiger partial charge in [-0.25, -0.2) is 4.57 Å². The predicted molar refractivity (Wildman–Crippen MR) is 205 cm³/mol. The average Bonchev–Trinajstić information content (AvgIpc) is 3.12. The molecule has 0 bridgehead atoms. The Bertz CT molecular complexity index is 952. The second kappa shape index (κ2) is 36.5. The molecule has 0 rings (SSSR count). The van der Waals surface area contributed by atoms with Gasteiger partial charge in [-0.05, 0) is 70.6 Å². The van der Waals surface area contributed by atoms with Gasteiger partial charge in [0.2, 0.25) is 0 Å². The summed E-state index contributed by atoms with van der Waals surface area (Å²) in [4.78, 5) is 34.9. The van der Waals surface area contributed by atoms with E-state index in [0.29, 0.717) is 12.8 Å². The van der Waals surface area contributed by atoms with E-state index < -0.39 is 51.8 Å². The Morgan fingerprint density at radius 2 is 1.02 bits per heavy atom. The van der Waals surface area contributed by atoms with Crippen LogP contribution in [0.15, 0.2) is 36.5 Å². The maximum Gasteiger partial charge on any atom is 0.472 e. The van der Waals surface area contributed by atoms with Crippen LogP contribution < -0.4 is 0 Å². The van der Waals surface area contributed by atoms with Crippen LogP contribution in [-0.2, 0) is 32.7 Å². The normalized spacial score (nSPS) is 14.4. The number of unbranched alkanes of at least 4 members (excludes halogenated alkanes) is 17. The molecule has 3 atom stereocenters. The first kappa shape index (κ1) is 49.2. The molecule has 0 saturated carbocycles. The number of phosphoric acid groups is 1. The summed E-state index contributed by atoms with van der Waals surface area (Å²) in [5, 5.41) is 18.3. The first-order chi connectivity index (χ1) is 24.7. The van der Waals surface area contributed by atoms with Crippen molar-refractivity contribution in [2.75, 3.05) is 26.4 Å². The van der Waals surface area contributed by atoms with E-state index in [9.17, 15) is 24.2 Å². The smallest absolute Gasteiger partial charge is 0.462 e. The van der Waals surface area contributed by atoms with E-state index in [-0.39, 0.29) is 19.4 Å². The Morgan fingerprint density at radius 3 is 1.57 bits per heavy atom. The molecular weight excluding hydrogens is 671 g/mol. The van der Waals surface area contributed by atoms with E-state index in [2.05, 4.69) is 54.8 Å². The molecule has 0 spiro atoms. The third-order valence-electron chi connectivity index (χ3n) is 8.27. The second-order valence-electron chi connectivity index (χ2n) is 13.3. The number of ether oxygens (including phenoxy) is 2. The Morgan fingerprint density at radius 1 is 0.588 bits per heavy atom. The fourth-order valence-electron chi connectivity index (χ4n) is 5.13. The first-order valence-corrected chi connectivity index (χ1v) is 21.4. The molecule has 0 aliphatic rings. The van der Waals surface area contributed by atoms with Crippen molar-refractivity contribution in [2.45, 2.75) is 180 Å². The standard InChI is InChI=1S/C40H73O10P/c1-3-5-7-9-11-13-15-17-18-20-21-23-25-27-29-31-39(43)47-35-38(36-49-51(45,46)48-34-37(42)33-41)50-40(44)32-30-28-26-24-22-19-16-14-12-10-8-6-4-2/h11,13-14,16-18,37-38,41-42H,3-10,12,15,19-36H2,1-2H3,(H,45,46)/b13-11+,16-14+,18-17+/t37-,38+/m0/s1. The highest BCUT2D eigenvalue weighted by Gasteiger charge is 2.27. The highest BCUT2D eigenvalue weighted by Crippen LogP contribution is 2.43. The Labute approximate surface area is 310 Å². The maximum absolute atomic E-state index is 12.5. The Kier molecular flexibility index (Phi) is 35.2. The Hall–Kier alpha value is -1.81. The lowest BCUT2D eigenvalue weighted by Gasteiger charge is -2.20. The minimum absolute atomic E-state index is 0.171. The van der Waals surface area contributed by atoms with Crippen molar-refractivity contribution in [3.8, 4) is 0 Å². The summed E-state index contributed by atoms with van der Waals surface area (Å²) in [7, 11) is -4.62. The van der Waals surface area contributed by atoms with Crippen molar-refractivity contribution in [3.05, 3.63) is 36.5 Å². The second-order valence-corrected chi connectivity index (χ2v) is 14.8. The maximum atomic E-state index is 12.5. The van der Waals surface area contributed by atoms with E-state index in [1.165, 1.54) is 44.9 Å². The van der Waals surface area contributed by atoms with Crippen LogP contribution in [0.25, 0.3) is 0 Å². The van der Waals surface area contributed by atoms with Gasteiger partial charge in [-0.1, -0.05) is 121 Å². The summed E-state index contributed by atoms with van der Waals surface area (Å²) in [6.45, 7) is 2.30. The van der Waals surface area contributed by atoms with Crippen molar-refractivity contribution in [1.29, 1.82) is 0 Å². The summed E-state index contributed by atoms with van der Waals surface area (Å²) in [5.41, 5.74) is 0. The molecule has 0 amide bonds. The largest absolute Gasteiger partial charge is 0.472 e. The summed E-state index contributed by atoms with van der Waals surface area (Å²) in [5.74, 6) is -0.952. The summed E-state index contributed by atoms with van der Waals surface area (Å²) < 4.78 is 32.6. The topological polar surface area (TPSA) is 149 Å². The monoisotopic (exact) mass is 744 g/mol. The summed E-state index contributed by atoms with van der Waals surface area (Å²) in [6.07, 6.45) is 35.4. The van der Waals surface area contributed by atoms with Crippen molar-refractivity contribution in [1.82, 2.24) is 0 Å². The lowest BCUT2D eigenvalue weighted by atomic mass is 10.1. The SMILES string of the molecule is CCCCC/C=C/C/C=C/CCCCCCCC(=O)OC[C@H](COP(=O)(O)OC[C@@H](O)CO)OC(=O)CCCCCCC/C=C/CCCCCC. The van der Waals surface area contributed by atoms with Gasteiger partial charge in [0.25, 0.3) is 0 Å².